The van der Waals surface area contributed by atoms with E-state index in [2.05, 4.69) is 0 Å². The standard InChI is InChI=1S/C10H6ClNO2/c11-7-2-1-6-3-8(5-12)14-10(13)9(6)4-7/h1-2,4,8H,3H2. The molecular weight excluding hydrogens is 202 g/mol. The maximum Gasteiger partial charge on any atom is 0.339 e. The Kier molecular flexibility index (Phi) is 2.14. The van der Waals surface area contributed by atoms with Crippen LogP contribution in [-0.2, 0) is 11.2 Å². The molecule has 1 atom stereocenters. The van der Waals surface area contributed by atoms with E-state index in [9.17, 15) is 4.79 Å². The number of carbonyl (C=O) groups is 1. The zero-order valence-electron chi connectivity index (χ0n) is 7.16. The molecule has 0 saturated heterocycles. The summed E-state index contributed by atoms with van der Waals surface area (Å²) in [6, 6.07) is 6.93. The lowest BCUT2D eigenvalue weighted by molar-refractivity contribution is 0.0371. The van der Waals surface area contributed by atoms with Crippen molar-refractivity contribution in [2.45, 2.75) is 12.5 Å². The monoisotopic (exact) mass is 207 g/mol. The van der Waals surface area contributed by atoms with Crippen molar-refractivity contribution in [1.29, 1.82) is 5.26 Å². The van der Waals surface area contributed by atoms with Gasteiger partial charge in [0.2, 0.25) is 0 Å². The van der Waals surface area contributed by atoms with Crippen molar-refractivity contribution in [3.63, 3.8) is 0 Å². The Labute approximate surface area is 85.9 Å². The van der Waals surface area contributed by atoms with Gasteiger partial charge in [0, 0.05) is 11.4 Å². The van der Waals surface area contributed by atoms with Crippen molar-refractivity contribution in [3.8, 4) is 6.07 Å². The van der Waals surface area contributed by atoms with E-state index in [1.54, 1.807) is 18.2 Å². The Morgan fingerprint density at radius 1 is 1.57 bits per heavy atom. The Balaban J connectivity index is 2.46. The number of fused-ring (bicyclic) bond motifs is 1. The fraction of sp³-hybridized carbons (Fsp3) is 0.200. The minimum absolute atomic E-state index is 0.439. The van der Waals surface area contributed by atoms with E-state index >= 15 is 0 Å². The SMILES string of the molecule is N#CC1Cc2ccc(Cl)cc2C(=O)O1. The lowest BCUT2D eigenvalue weighted by Gasteiger charge is -2.19. The van der Waals surface area contributed by atoms with E-state index < -0.39 is 12.1 Å². The molecule has 1 aliphatic heterocycles. The van der Waals surface area contributed by atoms with Crippen LogP contribution in [0.5, 0.6) is 0 Å². The number of carbonyl (C=O) groups excluding carboxylic acids is 1. The number of nitriles is 1. The quantitative estimate of drug-likeness (QED) is 0.611. The predicted octanol–water partition coefficient (Wildman–Crippen LogP) is 1.95. The third-order valence-corrected chi connectivity index (χ3v) is 2.33. The first-order chi connectivity index (χ1) is 6.70. The van der Waals surface area contributed by atoms with Crippen molar-refractivity contribution in [2.75, 3.05) is 0 Å². The summed E-state index contributed by atoms with van der Waals surface area (Å²) in [6.07, 6.45) is -0.231. The highest BCUT2D eigenvalue weighted by Gasteiger charge is 2.25. The van der Waals surface area contributed by atoms with Gasteiger partial charge in [0.25, 0.3) is 0 Å². The van der Waals surface area contributed by atoms with Gasteiger partial charge in [-0.05, 0) is 17.7 Å². The molecule has 0 radical (unpaired) electrons. The van der Waals surface area contributed by atoms with Crippen LogP contribution in [0.4, 0.5) is 0 Å². The Morgan fingerprint density at radius 2 is 2.36 bits per heavy atom. The third kappa shape index (κ3) is 1.45. The first-order valence-electron chi connectivity index (χ1n) is 4.10. The fourth-order valence-electron chi connectivity index (χ4n) is 1.42. The Bertz CT molecular complexity index is 436. The average Bonchev–Trinajstić information content (AvgIpc) is 2.19. The molecule has 0 bridgehead atoms. The van der Waals surface area contributed by atoms with Gasteiger partial charge in [0.05, 0.1) is 5.56 Å². The minimum Gasteiger partial charge on any atom is -0.443 e. The van der Waals surface area contributed by atoms with Crippen LogP contribution in [0.15, 0.2) is 18.2 Å². The van der Waals surface area contributed by atoms with E-state index in [0.717, 1.165) is 5.56 Å². The summed E-state index contributed by atoms with van der Waals surface area (Å²) >= 11 is 5.74. The van der Waals surface area contributed by atoms with Crippen LogP contribution in [0.3, 0.4) is 0 Å². The molecule has 0 aromatic heterocycles. The number of halogens is 1. The number of rotatable bonds is 0. The van der Waals surface area contributed by atoms with Gasteiger partial charge in [0.15, 0.2) is 6.10 Å². The molecule has 1 aromatic rings. The molecule has 70 valence electrons. The first-order valence-corrected chi connectivity index (χ1v) is 4.47. The van der Waals surface area contributed by atoms with Crippen LogP contribution in [0, 0.1) is 11.3 Å². The molecule has 1 heterocycles. The maximum atomic E-state index is 11.4. The Morgan fingerprint density at radius 3 is 3.07 bits per heavy atom. The maximum absolute atomic E-state index is 11.4. The number of nitrogens with zero attached hydrogens (tertiary/aromatic N) is 1. The van der Waals surface area contributed by atoms with E-state index in [1.165, 1.54) is 0 Å². The highest BCUT2D eigenvalue weighted by molar-refractivity contribution is 6.31. The number of esters is 1. The molecular formula is C10H6ClNO2. The summed E-state index contributed by atoms with van der Waals surface area (Å²) in [6.45, 7) is 0. The molecule has 0 N–H and O–H groups in total. The summed E-state index contributed by atoms with van der Waals surface area (Å²) in [4.78, 5) is 11.4. The second-order valence-electron chi connectivity index (χ2n) is 3.03. The third-order valence-electron chi connectivity index (χ3n) is 2.09. The highest BCUT2D eigenvalue weighted by atomic mass is 35.5. The van der Waals surface area contributed by atoms with Crippen LogP contribution in [-0.4, -0.2) is 12.1 Å². The number of hydrogen-bond donors (Lipinski definition) is 0. The largest absolute Gasteiger partial charge is 0.443 e. The summed E-state index contributed by atoms with van der Waals surface area (Å²) in [7, 11) is 0. The van der Waals surface area contributed by atoms with Crippen molar-refractivity contribution >= 4 is 17.6 Å². The lowest BCUT2D eigenvalue weighted by atomic mass is 9.99. The van der Waals surface area contributed by atoms with Crippen LogP contribution in [0.2, 0.25) is 5.02 Å². The molecule has 2 rings (SSSR count). The van der Waals surface area contributed by atoms with Crippen molar-refractivity contribution in [2.24, 2.45) is 0 Å². The van der Waals surface area contributed by atoms with Crippen LogP contribution >= 0.6 is 11.6 Å². The zero-order valence-corrected chi connectivity index (χ0v) is 7.91. The smallest absolute Gasteiger partial charge is 0.339 e. The second-order valence-corrected chi connectivity index (χ2v) is 3.47. The molecule has 0 aliphatic carbocycles. The van der Waals surface area contributed by atoms with Crippen LogP contribution in [0.1, 0.15) is 15.9 Å². The first kappa shape index (κ1) is 9.04. The van der Waals surface area contributed by atoms with E-state index in [-0.39, 0.29) is 0 Å². The van der Waals surface area contributed by atoms with Gasteiger partial charge in [-0.3, -0.25) is 0 Å². The fourth-order valence-corrected chi connectivity index (χ4v) is 1.59. The minimum atomic E-state index is -0.670. The van der Waals surface area contributed by atoms with E-state index in [1.807, 2.05) is 6.07 Å². The molecule has 1 aliphatic rings. The molecule has 4 heteroatoms. The van der Waals surface area contributed by atoms with Gasteiger partial charge >= 0.3 is 5.97 Å². The molecule has 14 heavy (non-hydrogen) atoms. The van der Waals surface area contributed by atoms with Gasteiger partial charge in [-0.2, -0.15) is 5.26 Å². The predicted molar refractivity (Wildman–Crippen MR) is 50.0 cm³/mol. The topological polar surface area (TPSA) is 50.1 Å². The molecule has 1 aromatic carbocycles. The van der Waals surface area contributed by atoms with Crippen LogP contribution < -0.4 is 0 Å². The van der Waals surface area contributed by atoms with E-state index in [4.69, 9.17) is 21.6 Å². The summed E-state index contributed by atoms with van der Waals surface area (Å²) in [5.41, 5.74) is 1.28. The number of ether oxygens (including phenoxy) is 1. The van der Waals surface area contributed by atoms with E-state index in [0.29, 0.717) is 17.0 Å². The molecule has 1 unspecified atom stereocenters. The van der Waals surface area contributed by atoms with Crippen molar-refractivity contribution < 1.29 is 9.53 Å². The molecule has 0 fully saturated rings. The molecule has 3 nitrogen and oxygen atoms in total. The second kappa shape index (κ2) is 3.32. The zero-order chi connectivity index (χ0) is 10.1. The lowest BCUT2D eigenvalue weighted by Crippen LogP contribution is -2.26. The van der Waals surface area contributed by atoms with Gasteiger partial charge < -0.3 is 4.74 Å². The molecule has 0 spiro atoms. The van der Waals surface area contributed by atoms with Gasteiger partial charge in [0.1, 0.15) is 6.07 Å². The number of hydrogen-bond acceptors (Lipinski definition) is 3. The normalized spacial score (nSPS) is 19.4. The van der Waals surface area contributed by atoms with Gasteiger partial charge in [-0.25, -0.2) is 4.79 Å². The summed E-state index contributed by atoms with van der Waals surface area (Å²) in [5.74, 6) is -0.472. The molecule has 0 amide bonds. The highest BCUT2D eigenvalue weighted by Crippen LogP contribution is 2.23. The number of cyclic esters (lactones) is 1. The number of benzene rings is 1. The average molecular weight is 208 g/mol. The molecule has 0 saturated carbocycles. The van der Waals surface area contributed by atoms with Crippen LogP contribution in [0.25, 0.3) is 0 Å². The van der Waals surface area contributed by atoms with Gasteiger partial charge in [-0.1, -0.05) is 17.7 Å². The summed E-state index contributed by atoms with van der Waals surface area (Å²) < 4.78 is 4.86. The summed E-state index contributed by atoms with van der Waals surface area (Å²) in [5, 5.41) is 9.13. The van der Waals surface area contributed by atoms with Crippen molar-refractivity contribution in [3.05, 3.63) is 34.3 Å². The van der Waals surface area contributed by atoms with Gasteiger partial charge in [-0.15, -0.1) is 0 Å². The Hall–Kier alpha value is -1.53. The van der Waals surface area contributed by atoms with Crippen molar-refractivity contribution in [1.82, 2.24) is 0 Å².